The highest BCUT2D eigenvalue weighted by atomic mass is 32.2. The maximum absolute atomic E-state index is 12.6. The van der Waals surface area contributed by atoms with Crippen LogP contribution in [0.4, 0.5) is 0 Å². The van der Waals surface area contributed by atoms with Gasteiger partial charge in [-0.2, -0.15) is 0 Å². The van der Waals surface area contributed by atoms with E-state index in [9.17, 15) is 8.42 Å². The molecule has 1 aliphatic heterocycles. The summed E-state index contributed by atoms with van der Waals surface area (Å²) >= 11 is 0. The van der Waals surface area contributed by atoms with Gasteiger partial charge in [0.05, 0.1) is 10.6 Å². The van der Waals surface area contributed by atoms with Crippen LogP contribution in [-0.2, 0) is 16.4 Å². The summed E-state index contributed by atoms with van der Waals surface area (Å²) < 4.78 is 25.1. The highest BCUT2D eigenvalue weighted by Crippen LogP contribution is 2.24. The summed E-state index contributed by atoms with van der Waals surface area (Å²) in [6, 6.07) is 22.3. The van der Waals surface area contributed by atoms with Gasteiger partial charge in [-0.15, -0.1) is 0 Å². The quantitative estimate of drug-likeness (QED) is 0.635. The molecule has 0 amide bonds. The third-order valence-corrected chi connectivity index (χ3v) is 7.16. The highest BCUT2D eigenvalue weighted by molar-refractivity contribution is 7.91. The van der Waals surface area contributed by atoms with Crippen molar-refractivity contribution in [3.8, 4) is 11.1 Å². The van der Waals surface area contributed by atoms with E-state index in [4.69, 9.17) is 0 Å². The molecular formula is C23H24N2O2S. The lowest BCUT2D eigenvalue weighted by Crippen LogP contribution is -2.23. The molecule has 5 heteroatoms. The van der Waals surface area contributed by atoms with Crippen LogP contribution in [0.15, 0.2) is 84.0 Å². The van der Waals surface area contributed by atoms with Crippen LogP contribution in [0.3, 0.4) is 0 Å². The van der Waals surface area contributed by atoms with Crippen LogP contribution < -0.4 is 0 Å². The van der Waals surface area contributed by atoms with Crippen molar-refractivity contribution in [1.29, 1.82) is 0 Å². The van der Waals surface area contributed by atoms with Crippen molar-refractivity contribution in [3.63, 3.8) is 0 Å². The lowest BCUT2D eigenvalue weighted by atomic mass is 10.0. The van der Waals surface area contributed by atoms with E-state index in [0.717, 1.165) is 26.1 Å². The molecule has 1 aromatic heterocycles. The number of aromatic nitrogens is 1. The van der Waals surface area contributed by atoms with E-state index in [1.54, 1.807) is 18.3 Å². The molecule has 28 heavy (non-hydrogen) atoms. The molecule has 3 aromatic rings. The number of pyridine rings is 1. The Kier molecular flexibility index (Phi) is 5.55. The molecule has 0 aliphatic carbocycles. The molecule has 1 aliphatic rings. The van der Waals surface area contributed by atoms with E-state index >= 15 is 0 Å². The van der Waals surface area contributed by atoms with Crippen molar-refractivity contribution in [2.75, 3.05) is 18.8 Å². The van der Waals surface area contributed by atoms with E-state index in [1.165, 1.54) is 22.9 Å². The van der Waals surface area contributed by atoms with Crippen molar-refractivity contribution < 1.29 is 8.42 Å². The lowest BCUT2D eigenvalue weighted by Gasteiger charge is -2.16. The van der Waals surface area contributed by atoms with Crippen LogP contribution in [0, 0.1) is 5.92 Å². The number of hydrogen-bond acceptors (Lipinski definition) is 4. The number of benzene rings is 2. The first kappa shape index (κ1) is 18.8. The Morgan fingerprint density at radius 2 is 1.68 bits per heavy atom. The average molecular weight is 393 g/mol. The molecule has 2 heterocycles. The van der Waals surface area contributed by atoms with Gasteiger partial charge in [-0.25, -0.2) is 8.42 Å². The van der Waals surface area contributed by atoms with Crippen molar-refractivity contribution in [2.24, 2.45) is 5.92 Å². The lowest BCUT2D eigenvalue weighted by molar-refractivity contribution is 0.320. The minimum Gasteiger partial charge on any atom is -0.299 e. The molecule has 144 valence electrons. The largest absolute Gasteiger partial charge is 0.299 e. The van der Waals surface area contributed by atoms with Gasteiger partial charge in [-0.1, -0.05) is 54.6 Å². The van der Waals surface area contributed by atoms with Gasteiger partial charge in [-0.05, 0) is 47.7 Å². The first-order valence-electron chi connectivity index (χ1n) is 9.60. The summed E-state index contributed by atoms with van der Waals surface area (Å²) in [5, 5.41) is 0. The SMILES string of the molecule is O=S(=O)(C[C@@H]1CCN(Cc2ccc(-c3ccccc3)cc2)C1)c1cccnc1. The molecule has 0 bridgehead atoms. The predicted molar refractivity (Wildman–Crippen MR) is 112 cm³/mol. The van der Waals surface area contributed by atoms with Gasteiger partial charge in [0, 0.05) is 25.5 Å². The number of likely N-dealkylation sites (tertiary alicyclic amines) is 1. The molecule has 1 fully saturated rings. The third kappa shape index (κ3) is 4.49. The van der Waals surface area contributed by atoms with Crippen LogP contribution >= 0.6 is 0 Å². The first-order chi connectivity index (χ1) is 13.6. The Balaban J connectivity index is 1.35. The summed E-state index contributed by atoms with van der Waals surface area (Å²) in [6.07, 6.45) is 3.96. The van der Waals surface area contributed by atoms with Crippen LogP contribution in [0.2, 0.25) is 0 Å². The van der Waals surface area contributed by atoms with Crippen LogP contribution in [0.1, 0.15) is 12.0 Å². The zero-order valence-corrected chi connectivity index (χ0v) is 16.6. The normalized spacial score (nSPS) is 17.6. The highest BCUT2D eigenvalue weighted by Gasteiger charge is 2.28. The second kappa shape index (κ2) is 8.25. The van der Waals surface area contributed by atoms with Crippen molar-refractivity contribution in [2.45, 2.75) is 17.9 Å². The summed E-state index contributed by atoms with van der Waals surface area (Å²) in [6.45, 7) is 2.62. The number of nitrogens with zero attached hydrogens (tertiary/aromatic N) is 2. The van der Waals surface area contributed by atoms with Crippen molar-refractivity contribution in [1.82, 2.24) is 9.88 Å². The Morgan fingerprint density at radius 3 is 2.39 bits per heavy atom. The number of rotatable bonds is 6. The first-order valence-corrected chi connectivity index (χ1v) is 11.2. The Hall–Kier alpha value is -2.50. The monoisotopic (exact) mass is 392 g/mol. The van der Waals surface area contributed by atoms with Gasteiger partial charge in [0.25, 0.3) is 0 Å². The molecule has 1 saturated heterocycles. The Labute approximate surface area is 166 Å². The summed E-state index contributed by atoms with van der Waals surface area (Å²) in [7, 11) is -3.27. The van der Waals surface area contributed by atoms with Gasteiger partial charge in [0.1, 0.15) is 0 Å². The summed E-state index contributed by atoms with van der Waals surface area (Å²) in [5.74, 6) is 0.371. The second-order valence-corrected chi connectivity index (χ2v) is 9.46. The number of hydrogen-bond donors (Lipinski definition) is 0. The summed E-state index contributed by atoms with van der Waals surface area (Å²) in [5.41, 5.74) is 3.69. The molecule has 1 atom stereocenters. The van der Waals surface area contributed by atoms with Crippen LogP contribution in [0.25, 0.3) is 11.1 Å². The molecule has 4 nitrogen and oxygen atoms in total. The zero-order valence-electron chi connectivity index (χ0n) is 15.7. The predicted octanol–water partition coefficient (Wildman–Crippen LogP) is 4.04. The molecule has 0 N–H and O–H groups in total. The zero-order chi connectivity index (χ0) is 19.4. The molecule has 0 spiro atoms. The fourth-order valence-corrected chi connectivity index (χ4v) is 5.41. The van der Waals surface area contributed by atoms with Crippen LogP contribution in [-0.4, -0.2) is 37.1 Å². The van der Waals surface area contributed by atoms with Crippen molar-refractivity contribution in [3.05, 3.63) is 84.7 Å². The molecule has 4 rings (SSSR count). The smallest absolute Gasteiger partial charge is 0.180 e. The Bertz CT molecular complexity index is 1000. The van der Waals surface area contributed by atoms with Crippen molar-refractivity contribution >= 4 is 9.84 Å². The van der Waals surface area contributed by atoms with Gasteiger partial charge in [-0.3, -0.25) is 9.88 Å². The summed E-state index contributed by atoms with van der Waals surface area (Å²) in [4.78, 5) is 6.61. The standard InChI is InChI=1S/C23H24N2O2S/c26-28(27,23-7-4-13-24-15-23)18-20-12-14-25(17-20)16-19-8-10-22(11-9-19)21-5-2-1-3-6-21/h1-11,13,15,20H,12,14,16-18H2/t20-/m1/s1. The van der Waals surface area contributed by atoms with E-state index in [1.807, 2.05) is 18.2 Å². The maximum atomic E-state index is 12.6. The minimum absolute atomic E-state index is 0.175. The van der Waals surface area contributed by atoms with Gasteiger partial charge in [0.15, 0.2) is 9.84 Å². The van der Waals surface area contributed by atoms with Gasteiger partial charge in [0.2, 0.25) is 0 Å². The number of sulfone groups is 1. The molecule has 2 aromatic carbocycles. The van der Waals surface area contributed by atoms with E-state index in [-0.39, 0.29) is 11.7 Å². The minimum atomic E-state index is -3.27. The third-order valence-electron chi connectivity index (χ3n) is 5.29. The fraction of sp³-hybridized carbons (Fsp3) is 0.261. The average Bonchev–Trinajstić information content (AvgIpc) is 3.16. The van der Waals surface area contributed by atoms with E-state index in [0.29, 0.717) is 4.90 Å². The Morgan fingerprint density at radius 1 is 0.929 bits per heavy atom. The topological polar surface area (TPSA) is 50.3 Å². The second-order valence-electron chi connectivity index (χ2n) is 7.42. The van der Waals surface area contributed by atoms with E-state index in [2.05, 4.69) is 46.3 Å². The maximum Gasteiger partial charge on any atom is 0.180 e. The molecular weight excluding hydrogens is 368 g/mol. The molecule has 0 radical (unpaired) electrons. The molecule has 0 unspecified atom stereocenters. The fourth-order valence-electron chi connectivity index (χ4n) is 3.82. The molecule has 0 saturated carbocycles. The van der Waals surface area contributed by atoms with E-state index < -0.39 is 9.84 Å². The van der Waals surface area contributed by atoms with Gasteiger partial charge < -0.3 is 0 Å². The van der Waals surface area contributed by atoms with Crippen LogP contribution in [0.5, 0.6) is 0 Å². The van der Waals surface area contributed by atoms with Gasteiger partial charge >= 0.3 is 0 Å².